The molecule has 0 saturated carbocycles. The number of rotatable bonds is 10. The van der Waals surface area contributed by atoms with Crippen molar-refractivity contribution < 1.29 is 8.42 Å². The quantitative estimate of drug-likeness (QED) is 0.462. The molecule has 0 unspecified atom stereocenters. The van der Waals surface area contributed by atoms with Crippen LogP contribution < -0.4 is 5.73 Å². The molecule has 0 aliphatic rings. The van der Waals surface area contributed by atoms with Crippen molar-refractivity contribution in [3.8, 4) is 0 Å². The molecule has 0 aromatic heterocycles. The van der Waals surface area contributed by atoms with Crippen LogP contribution in [0.25, 0.3) is 0 Å². The summed E-state index contributed by atoms with van der Waals surface area (Å²) in [5.74, 6) is 1.09. The van der Waals surface area contributed by atoms with Crippen LogP contribution in [0.5, 0.6) is 0 Å². The van der Waals surface area contributed by atoms with Crippen LogP contribution in [0.1, 0.15) is 33.6 Å². The molecule has 0 atom stereocenters. The van der Waals surface area contributed by atoms with Crippen molar-refractivity contribution in [3.05, 3.63) is 0 Å². The van der Waals surface area contributed by atoms with Gasteiger partial charge in [0, 0.05) is 31.8 Å². The molecule has 0 aliphatic heterocycles. The second kappa shape index (κ2) is 8.48. The molecular weight excluding hydrogens is 250 g/mol. The largest absolute Gasteiger partial charge is 0.388 e. The lowest BCUT2D eigenvalue weighted by molar-refractivity contribution is 0.264. The summed E-state index contributed by atoms with van der Waals surface area (Å²) in [4.78, 5) is 2.08. The van der Waals surface area contributed by atoms with E-state index in [0.29, 0.717) is 31.8 Å². The standard InChI is InChI=1S/C12H27N3O2S/c1-4-8-18(16,17)9-7-15(10-11(2)3)6-5-12(13)14/h11H,4-10H2,1-3H3,(H3,13,14). The van der Waals surface area contributed by atoms with Gasteiger partial charge in [-0.25, -0.2) is 8.42 Å². The summed E-state index contributed by atoms with van der Waals surface area (Å²) in [6.07, 6.45) is 1.17. The first-order valence-corrected chi connectivity index (χ1v) is 8.34. The third-order valence-electron chi connectivity index (χ3n) is 2.55. The highest BCUT2D eigenvalue weighted by atomic mass is 32.2. The molecule has 0 spiro atoms. The summed E-state index contributed by atoms with van der Waals surface area (Å²) in [6.45, 7) is 8.11. The second-order valence-corrected chi connectivity index (χ2v) is 7.43. The lowest BCUT2D eigenvalue weighted by Gasteiger charge is -2.23. The Morgan fingerprint density at radius 3 is 2.33 bits per heavy atom. The van der Waals surface area contributed by atoms with E-state index in [4.69, 9.17) is 11.1 Å². The van der Waals surface area contributed by atoms with Crippen LogP contribution in [-0.4, -0.2) is 50.3 Å². The van der Waals surface area contributed by atoms with E-state index >= 15 is 0 Å². The van der Waals surface area contributed by atoms with Crippen LogP contribution in [0.3, 0.4) is 0 Å². The number of sulfone groups is 1. The van der Waals surface area contributed by atoms with Crippen molar-refractivity contribution in [2.24, 2.45) is 11.7 Å². The molecule has 0 aromatic carbocycles. The van der Waals surface area contributed by atoms with E-state index in [1.165, 1.54) is 0 Å². The van der Waals surface area contributed by atoms with Crippen LogP contribution >= 0.6 is 0 Å². The van der Waals surface area contributed by atoms with E-state index in [0.717, 1.165) is 6.54 Å². The van der Waals surface area contributed by atoms with Gasteiger partial charge >= 0.3 is 0 Å². The molecule has 0 saturated heterocycles. The Kier molecular flexibility index (Phi) is 8.18. The van der Waals surface area contributed by atoms with Gasteiger partial charge in [0.15, 0.2) is 9.84 Å². The normalized spacial score (nSPS) is 12.3. The Labute approximate surface area is 111 Å². The van der Waals surface area contributed by atoms with Gasteiger partial charge in [-0.2, -0.15) is 0 Å². The topological polar surface area (TPSA) is 87.2 Å². The maximum atomic E-state index is 11.7. The molecule has 0 heterocycles. The zero-order valence-electron chi connectivity index (χ0n) is 11.8. The molecule has 0 aromatic rings. The average molecular weight is 277 g/mol. The van der Waals surface area contributed by atoms with E-state index in [2.05, 4.69) is 18.7 Å². The molecule has 18 heavy (non-hydrogen) atoms. The number of hydrogen-bond donors (Lipinski definition) is 2. The number of nitrogens with zero attached hydrogens (tertiary/aromatic N) is 1. The number of hydrogen-bond acceptors (Lipinski definition) is 4. The fourth-order valence-corrected chi connectivity index (χ4v) is 3.13. The molecule has 3 N–H and O–H groups in total. The summed E-state index contributed by atoms with van der Waals surface area (Å²) in [5, 5.41) is 7.22. The maximum absolute atomic E-state index is 11.7. The molecule has 108 valence electrons. The minimum Gasteiger partial charge on any atom is -0.388 e. The SMILES string of the molecule is CCCS(=O)(=O)CCN(CCC(=N)N)CC(C)C. The van der Waals surface area contributed by atoms with Crippen molar-refractivity contribution in [1.82, 2.24) is 4.90 Å². The van der Waals surface area contributed by atoms with Crippen molar-refractivity contribution in [1.29, 1.82) is 5.41 Å². The molecule has 6 heteroatoms. The molecule has 0 radical (unpaired) electrons. The minimum absolute atomic E-state index is 0.153. The average Bonchev–Trinajstić information content (AvgIpc) is 2.21. The third-order valence-corrected chi connectivity index (χ3v) is 4.39. The molecule has 0 amide bonds. The Bertz CT molecular complexity index is 339. The van der Waals surface area contributed by atoms with Gasteiger partial charge in [-0.15, -0.1) is 0 Å². The molecular formula is C12H27N3O2S. The maximum Gasteiger partial charge on any atom is 0.151 e. The van der Waals surface area contributed by atoms with Gasteiger partial charge in [-0.05, 0) is 12.3 Å². The predicted octanol–water partition coefficient (Wildman–Crippen LogP) is 1.10. The van der Waals surface area contributed by atoms with Crippen LogP contribution in [0.15, 0.2) is 0 Å². The number of nitrogens with two attached hydrogens (primary N) is 1. The Morgan fingerprint density at radius 1 is 1.28 bits per heavy atom. The van der Waals surface area contributed by atoms with Crippen molar-refractivity contribution in [3.63, 3.8) is 0 Å². The van der Waals surface area contributed by atoms with Crippen LogP contribution in [-0.2, 0) is 9.84 Å². The lowest BCUT2D eigenvalue weighted by atomic mass is 10.2. The zero-order chi connectivity index (χ0) is 14.2. The minimum atomic E-state index is -2.93. The van der Waals surface area contributed by atoms with Gasteiger partial charge in [0.25, 0.3) is 0 Å². The van der Waals surface area contributed by atoms with E-state index in [1.807, 2.05) is 6.92 Å². The first kappa shape index (κ1) is 17.4. The summed E-state index contributed by atoms with van der Waals surface area (Å²) >= 11 is 0. The van der Waals surface area contributed by atoms with Crippen molar-refractivity contribution in [2.75, 3.05) is 31.1 Å². The summed E-state index contributed by atoms with van der Waals surface area (Å²) < 4.78 is 23.3. The summed E-state index contributed by atoms with van der Waals surface area (Å²) in [6, 6.07) is 0. The highest BCUT2D eigenvalue weighted by Gasteiger charge is 2.14. The Hall–Kier alpha value is -0.620. The van der Waals surface area contributed by atoms with E-state index in [1.54, 1.807) is 0 Å². The van der Waals surface area contributed by atoms with Crippen LogP contribution in [0.2, 0.25) is 0 Å². The van der Waals surface area contributed by atoms with Gasteiger partial charge in [0.2, 0.25) is 0 Å². The van der Waals surface area contributed by atoms with Gasteiger partial charge in [-0.1, -0.05) is 20.8 Å². The van der Waals surface area contributed by atoms with Gasteiger partial charge in [0.1, 0.15) is 0 Å². The smallest absolute Gasteiger partial charge is 0.151 e. The van der Waals surface area contributed by atoms with Crippen LogP contribution in [0, 0.1) is 11.3 Å². The fourth-order valence-electron chi connectivity index (χ4n) is 1.77. The number of amidine groups is 1. The molecule has 0 bridgehead atoms. The third kappa shape index (κ3) is 9.41. The monoisotopic (exact) mass is 277 g/mol. The van der Waals surface area contributed by atoms with Gasteiger partial charge in [-0.3, -0.25) is 5.41 Å². The fraction of sp³-hybridized carbons (Fsp3) is 0.917. The van der Waals surface area contributed by atoms with E-state index < -0.39 is 9.84 Å². The lowest BCUT2D eigenvalue weighted by Crippen LogP contribution is -2.35. The molecule has 5 nitrogen and oxygen atoms in total. The first-order valence-electron chi connectivity index (χ1n) is 6.52. The predicted molar refractivity (Wildman–Crippen MR) is 76.8 cm³/mol. The number of nitrogens with one attached hydrogen (secondary N) is 1. The second-order valence-electron chi connectivity index (χ2n) is 5.12. The van der Waals surface area contributed by atoms with Crippen LogP contribution in [0.4, 0.5) is 0 Å². The zero-order valence-corrected chi connectivity index (χ0v) is 12.6. The first-order chi connectivity index (χ1) is 8.26. The highest BCUT2D eigenvalue weighted by Crippen LogP contribution is 2.02. The Balaban J connectivity index is 4.27. The molecule has 0 rings (SSSR count). The highest BCUT2D eigenvalue weighted by molar-refractivity contribution is 7.91. The van der Waals surface area contributed by atoms with Gasteiger partial charge in [0.05, 0.1) is 11.6 Å². The van der Waals surface area contributed by atoms with Crippen molar-refractivity contribution in [2.45, 2.75) is 33.6 Å². The molecule has 0 fully saturated rings. The van der Waals surface area contributed by atoms with E-state index in [-0.39, 0.29) is 17.3 Å². The van der Waals surface area contributed by atoms with E-state index in [9.17, 15) is 8.42 Å². The Morgan fingerprint density at radius 2 is 1.89 bits per heavy atom. The van der Waals surface area contributed by atoms with Gasteiger partial charge < -0.3 is 10.6 Å². The van der Waals surface area contributed by atoms with Crippen molar-refractivity contribution >= 4 is 15.7 Å². The summed E-state index contributed by atoms with van der Waals surface area (Å²) in [7, 11) is -2.93. The summed E-state index contributed by atoms with van der Waals surface area (Å²) in [5.41, 5.74) is 5.34. The molecule has 0 aliphatic carbocycles.